The largest absolute Gasteiger partial charge is 2.00 e. The van der Waals surface area contributed by atoms with E-state index in [-0.39, 0.29) is 50.5 Å². The quantitative estimate of drug-likeness (QED) is 0.241. The van der Waals surface area contributed by atoms with E-state index < -0.39 is 0 Å². The van der Waals surface area contributed by atoms with Crippen molar-refractivity contribution in [3.8, 4) is 0 Å². The van der Waals surface area contributed by atoms with Crippen LogP contribution >= 0.6 is 0 Å². The van der Waals surface area contributed by atoms with Gasteiger partial charge in [-0.05, 0) is 47.9 Å². The summed E-state index contributed by atoms with van der Waals surface area (Å²) in [5.74, 6) is 0. The average Bonchev–Trinajstić information content (AvgIpc) is 3.07. The van der Waals surface area contributed by atoms with Crippen LogP contribution in [0.1, 0.15) is 73.6 Å². The molecule has 2 fully saturated rings. The van der Waals surface area contributed by atoms with E-state index in [1.807, 2.05) is 0 Å². The van der Waals surface area contributed by atoms with Crippen molar-refractivity contribution in [2.75, 3.05) is 0 Å². The Kier molecular flexibility index (Phi) is 20.0. The van der Waals surface area contributed by atoms with E-state index in [4.69, 9.17) is 11.5 Å². The number of benzene rings is 4. The zero-order chi connectivity index (χ0) is 30.4. The van der Waals surface area contributed by atoms with E-state index >= 15 is 0 Å². The summed E-state index contributed by atoms with van der Waals surface area (Å²) in [7, 11) is 0. The third-order valence-corrected chi connectivity index (χ3v) is 9.42. The van der Waals surface area contributed by atoms with Crippen LogP contribution in [0.15, 0.2) is 121 Å². The minimum absolute atomic E-state index is 0. The molecule has 0 spiro atoms. The Morgan fingerprint density at radius 3 is 0.872 bits per heavy atom. The van der Waals surface area contributed by atoms with Crippen molar-refractivity contribution >= 4 is 0 Å². The SMILES string of the molecule is N[C@@H]1CCCC[C@H]1N(Cc1ccccc1)Cc1ccccc1.N[C@@H]1CCCC[C@H]1N(Cc1ccccc1)Cc1ccccc1.[Br-].[Br-].[Ni+2]. The van der Waals surface area contributed by atoms with Crippen LogP contribution in [0.25, 0.3) is 0 Å². The third kappa shape index (κ3) is 13.5. The summed E-state index contributed by atoms with van der Waals surface area (Å²) in [6, 6.07) is 44.6. The molecule has 4 aromatic carbocycles. The molecule has 4 nitrogen and oxygen atoms in total. The van der Waals surface area contributed by atoms with E-state index in [0.29, 0.717) is 24.2 Å². The molecule has 0 aromatic heterocycles. The molecule has 0 amide bonds. The van der Waals surface area contributed by atoms with E-state index in [2.05, 4.69) is 131 Å². The van der Waals surface area contributed by atoms with Gasteiger partial charge in [-0.3, -0.25) is 9.80 Å². The van der Waals surface area contributed by atoms with Gasteiger partial charge in [-0.1, -0.05) is 147 Å². The van der Waals surface area contributed by atoms with Gasteiger partial charge in [0.2, 0.25) is 0 Å². The van der Waals surface area contributed by atoms with Gasteiger partial charge in [0.1, 0.15) is 0 Å². The van der Waals surface area contributed by atoms with Crippen LogP contribution in [0, 0.1) is 0 Å². The first-order valence-electron chi connectivity index (χ1n) is 16.8. The number of rotatable bonds is 10. The molecule has 4 N–H and O–H groups in total. The number of nitrogens with two attached hydrogens (primary N) is 2. The summed E-state index contributed by atoms with van der Waals surface area (Å²) in [6.45, 7) is 3.92. The monoisotopic (exact) mass is 804 g/mol. The van der Waals surface area contributed by atoms with Crippen molar-refractivity contribution in [2.45, 2.75) is 102 Å². The Morgan fingerprint density at radius 1 is 0.404 bits per heavy atom. The fourth-order valence-corrected chi connectivity index (χ4v) is 7.04. The zero-order valence-corrected chi connectivity index (χ0v) is 31.6. The topological polar surface area (TPSA) is 58.5 Å². The number of hydrogen-bond acceptors (Lipinski definition) is 4. The van der Waals surface area contributed by atoms with Crippen molar-refractivity contribution in [1.29, 1.82) is 0 Å². The molecule has 256 valence electrons. The molecule has 0 saturated heterocycles. The molecule has 2 aliphatic rings. The summed E-state index contributed by atoms with van der Waals surface area (Å²) in [5, 5.41) is 0. The van der Waals surface area contributed by atoms with Crippen molar-refractivity contribution in [3.63, 3.8) is 0 Å². The molecule has 6 rings (SSSR count). The predicted octanol–water partition coefficient (Wildman–Crippen LogP) is 1.92. The van der Waals surface area contributed by atoms with Gasteiger partial charge in [0, 0.05) is 50.3 Å². The number of halogens is 2. The first-order chi connectivity index (χ1) is 21.7. The number of hydrogen-bond donors (Lipinski definition) is 2. The van der Waals surface area contributed by atoms with Gasteiger partial charge in [0.25, 0.3) is 0 Å². The fourth-order valence-electron chi connectivity index (χ4n) is 7.04. The minimum atomic E-state index is 0. The van der Waals surface area contributed by atoms with E-state index in [0.717, 1.165) is 39.0 Å². The smallest absolute Gasteiger partial charge is 1.00 e. The Morgan fingerprint density at radius 2 is 0.638 bits per heavy atom. The molecule has 0 unspecified atom stereocenters. The van der Waals surface area contributed by atoms with Crippen LogP contribution in [-0.4, -0.2) is 34.0 Å². The normalized spacial score (nSPS) is 20.5. The summed E-state index contributed by atoms with van der Waals surface area (Å²) in [4.78, 5) is 5.16. The Hall–Kier alpha value is -1.83. The second kappa shape index (κ2) is 22.7. The van der Waals surface area contributed by atoms with Crippen LogP contribution in [0.5, 0.6) is 0 Å². The molecule has 7 heteroatoms. The van der Waals surface area contributed by atoms with Gasteiger partial charge in [-0.25, -0.2) is 0 Å². The Balaban J connectivity index is 0.000000307. The van der Waals surface area contributed by atoms with E-state index in [1.165, 1.54) is 60.8 Å². The molecule has 47 heavy (non-hydrogen) atoms. The van der Waals surface area contributed by atoms with Gasteiger partial charge < -0.3 is 45.4 Å². The van der Waals surface area contributed by atoms with E-state index in [1.54, 1.807) is 0 Å². The van der Waals surface area contributed by atoms with Crippen LogP contribution < -0.4 is 45.4 Å². The molecule has 2 aliphatic carbocycles. The number of nitrogens with zero attached hydrogens (tertiary/aromatic N) is 2. The Bertz CT molecular complexity index is 1150. The first-order valence-corrected chi connectivity index (χ1v) is 16.8. The standard InChI is InChI=1S/2C20H26N2.2BrH.Ni/c2*21-19-13-7-8-14-20(19)22(15-17-9-3-1-4-10-17)16-18-11-5-2-6-12-18;;;/h2*1-6,9-12,19-20H,7-8,13-16,21H2;2*1H;/q;;;;+2/p-2/t2*19-,20-;;;/m11.../s1. The van der Waals surface area contributed by atoms with Crippen molar-refractivity contribution in [1.82, 2.24) is 9.80 Å². The van der Waals surface area contributed by atoms with Gasteiger partial charge in [-0.2, -0.15) is 0 Å². The van der Waals surface area contributed by atoms with Gasteiger partial charge >= 0.3 is 16.5 Å². The molecule has 0 bridgehead atoms. The van der Waals surface area contributed by atoms with Crippen molar-refractivity contribution in [3.05, 3.63) is 144 Å². The maximum Gasteiger partial charge on any atom is 2.00 e. The molecule has 0 aliphatic heterocycles. The summed E-state index contributed by atoms with van der Waals surface area (Å²) >= 11 is 0. The maximum atomic E-state index is 6.45. The van der Waals surface area contributed by atoms with Crippen molar-refractivity contribution in [2.24, 2.45) is 11.5 Å². The molecule has 0 heterocycles. The summed E-state index contributed by atoms with van der Waals surface area (Å²) < 4.78 is 0. The van der Waals surface area contributed by atoms with Crippen molar-refractivity contribution < 1.29 is 50.5 Å². The molecule has 4 aromatic rings. The minimum Gasteiger partial charge on any atom is -1.00 e. The Labute approximate surface area is 315 Å². The molecular weight excluding hydrogens is 755 g/mol. The predicted molar refractivity (Wildman–Crippen MR) is 185 cm³/mol. The van der Waals surface area contributed by atoms with Gasteiger partial charge in [0.15, 0.2) is 0 Å². The zero-order valence-electron chi connectivity index (χ0n) is 27.5. The molecule has 0 radical (unpaired) electrons. The fraction of sp³-hybridized carbons (Fsp3) is 0.400. The average molecular weight is 807 g/mol. The van der Waals surface area contributed by atoms with Crippen LogP contribution in [-0.2, 0) is 42.7 Å². The first kappa shape index (κ1) is 41.3. The van der Waals surface area contributed by atoms with Gasteiger partial charge in [0.05, 0.1) is 0 Å². The molecular formula is C40H52Br2N4Ni. The second-order valence-corrected chi connectivity index (χ2v) is 12.8. The van der Waals surface area contributed by atoms with E-state index in [9.17, 15) is 0 Å². The summed E-state index contributed by atoms with van der Waals surface area (Å²) in [5.41, 5.74) is 18.4. The van der Waals surface area contributed by atoms with Crippen LogP contribution in [0.4, 0.5) is 0 Å². The molecule has 4 atom stereocenters. The van der Waals surface area contributed by atoms with Crippen LogP contribution in [0.2, 0.25) is 0 Å². The maximum absolute atomic E-state index is 6.45. The van der Waals surface area contributed by atoms with Gasteiger partial charge in [-0.15, -0.1) is 0 Å². The summed E-state index contributed by atoms with van der Waals surface area (Å²) in [6.07, 6.45) is 9.93. The molecule has 2 saturated carbocycles. The van der Waals surface area contributed by atoms with Crippen LogP contribution in [0.3, 0.4) is 0 Å². The second-order valence-electron chi connectivity index (χ2n) is 12.8. The third-order valence-electron chi connectivity index (χ3n) is 9.42.